The topological polar surface area (TPSA) is 57.5 Å². The van der Waals surface area contributed by atoms with Crippen molar-refractivity contribution in [3.8, 4) is 0 Å². The van der Waals surface area contributed by atoms with Crippen LogP contribution in [0.3, 0.4) is 0 Å². The predicted octanol–water partition coefficient (Wildman–Crippen LogP) is 2.06. The second-order valence-electron chi connectivity index (χ2n) is 2.35. The molecule has 0 saturated carbocycles. The van der Waals surface area contributed by atoms with Crippen LogP contribution in [0, 0.1) is 0 Å². The van der Waals surface area contributed by atoms with Crippen LogP contribution in [0.25, 0.3) is 0 Å². The Hall–Kier alpha value is 0.160. The molecule has 12 heavy (non-hydrogen) atoms. The van der Waals surface area contributed by atoms with E-state index < -0.39 is 5.97 Å². The van der Waals surface area contributed by atoms with Crippen molar-refractivity contribution in [1.82, 2.24) is 0 Å². The summed E-state index contributed by atoms with van der Waals surface area (Å²) in [5.74, 6) is -0.833. The Kier molecular flexibility index (Phi) is 16.8. The van der Waals surface area contributed by atoms with Crippen molar-refractivity contribution in [2.24, 2.45) is 0 Å². The summed E-state index contributed by atoms with van der Waals surface area (Å²) in [6, 6.07) is 0. The van der Waals surface area contributed by atoms with Crippen LogP contribution in [0.2, 0.25) is 0 Å². The molecular formula is C8H17IO3. The minimum absolute atomic E-state index is 0.362. The van der Waals surface area contributed by atoms with Crippen molar-refractivity contribution in [1.29, 1.82) is 0 Å². The van der Waals surface area contributed by atoms with Gasteiger partial charge in [-0.3, -0.25) is 4.79 Å². The number of carboxylic acid groups (broad SMARTS) is 1. The van der Waals surface area contributed by atoms with Gasteiger partial charge in [0.15, 0.2) is 0 Å². The van der Waals surface area contributed by atoms with Crippen molar-refractivity contribution in [2.45, 2.75) is 32.6 Å². The number of hydrogen-bond donors (Lipinski definition) is 2. The standard InChI is InChI=1S/C6H13IO.C2H4O2/c7-5-3-1-2-4-6-8;1-2(3)4/h8H,1-6H2;1H3,(H,3,4). The van der Waals surface area contributed by atoms with E-state index in [1.807, 2.05) is 0 Å². The fourth-order valence-corrected chi connectivity index (χ4v) is 1.10. The van der Waals surface area contributed by atoms with Crippen molar-refractivity contribution in [2.75, 3.05) is 11.0 Å². The molecule has 0 unspecified atom stereocenters. The summed E-state index contributed by atoms with van der Waals surface area (Å²) in [4.78, 5) is 9.00. The molecule has 0 bridgehead atoms. The van der Waals surface area contributed by atoms with E-state index >= 15 is 0 Å². The highest BCUT2D eigenvalue weighted by molar-refractivity contribution is 14.1. The van der Waals surface area contributed by atoms with Gasteiger partial charge in [0.05, 0.1) is 0 Å². The molecule has 3 nitrogen and oxygen atoms in total. The van der Waals surface area contributed by atoms with Crippen molar-refractivity contribution in [3.63, 3.8) is 0 Å². The third kappa shape index (κ3) is 32.0. The fraction of sp³-hybridized carbons (Fsp3) is 0.875. The molecule has 0 saturated heterocycles. The number of aliphatic hydroxyl groups excluding tert-OH is 1. The average Bonchev–Trinajstić information content (AvgIpc) is 1.97. The Bertz CT molecular complexity index is 86.3. The SMILES string of the molecule is CC(=O)O.OCCCCCCI. The predicted molar refractivity (Wildman–Crippen MR) is 57.8 cm³/mol. The average molecular weight is 288 g/mol. The van der Waals surface area contributed by atoms with E-state index in [2.05, 4.69) is 22.6 Å². The van der Waals surface area contributed by atoms with Gasteiger partial charge in [-0.2, -0.15) is 0 Å². The highest BCUT2D eigenvalue weighted by atomic mass is 127. The first-order valence-electron chi connectivity index (χ1n) is 4.01. The summed E-state index contributed by atoms with van der Waals surface area (Å²) in [6.45, 7) is 1.45. The highest BCUT2D eigenvalue weighted by Gasteiger charge is 1.84. The zero-order valence-corrected chi connectivity index (χ0v) is 9.58. The minimum Gasteiger partial charge on any atom is -0.481 e. The number of unbranched alkanes of at least 4 members (excludes halogenated alkanes) is 3. The third-order valence-corrected chi connectivity index (χ3v) is 1.80. The molecule has 0 aromatic rings. The minimum atomic E-state index is -0.833. The molecule has 0 aliphatic rings. The van der Waals surface area contributed by atoms with Crippen LogP contribution in [0.15, 0.2) is 0 Å². The Balaban J connectivity index is 0. The van der Waals surface area contributed by atoms with Crippen LogP contribution in [-0.2, 0) is 4.79 Å². The van der Waals surface area contributed by atoms with Crippen LogP contribution in [0.1, 0.15) is 32.6 Å². The molecule has 0 aliphatic carbocycles. The van der Waals surface area contributed by atoms with Gasteiger partial charge in [0.1, 0.15) is 0 Å². The van der Waals surface area contributed by atoms with Crippen LogP contribution in [0.5, 0.6) is 0 Å². The maximum absolute atomic E-state index is 9.00. The van der Waals surface area contributed by atoms with Crippen molar-refractivity contribution in [3.05, 3.63) is 0 Å². The maximum Gasteiger partial charge on any atom is 0.300 e. The molecule has 0 heterocycles. The first kappa shape index (κ1) is 14.7. The largest absolute Gasteiger partial charge is 0.481 e. The molecule has 0 rings (SSSR count). The second kappa shape index (κ2) is 13.7. The maximum atomic E-state index is 9.00. The number of carboxylic acids is 1. The molecule has 0 atom stereocenters. The van der Waals surface area contributed by atoms with E-state index in [1.165, 1.54) is 23.7 Å². The number of rotatable bonds is 5. The first-order valence-corrected chi connectivity index (χ1v) is 5.54. The molecule has 0 radical (unpaired) electrons. The van der Waals surface area contributed by atoms with E-state index in [9.17, 15) is 0 Å². The van der Waals surface area contributed by atoms with Gasteiger partial charge in [-0.1, -0.05) is 35.4 Å². The molecule has 0 aliphatic heterocycles. The fourth-order valence-electron chi connectivity index (χ4n) is 0.560. The first-order chi connectivity index (χ1) is 5.65. The van der Waals surface area contributed by atoms with E-state index in [1.54, 1.807) is 0 Å². The lowest BCUT2D eigenvalue weighted by molar-refractivity contribution is -0.134. The summed E-state index contributed by atoms with van der Waals surface area (Å²) >= 11 is 2.38. The Labute approximate surface area is 87.3 Å². The van der Waals surface area contributed by atoms with Crippen LogP contribution >= 0.6 is 22.6 Å². The van der Waals surface area contributed by atoms with E-state index in [4.69, 9.17) is 15.0 Å². The zero-order valence-electron chi connectivity index (χ0n) is 7.42. The van der Waals surface area contributed by atoms with Gasteiger partial charge in [0.2, 0.25) is 0 Å². The highest BCUT2D eigenvalue weighted by Crippen LogP contribution is 2.00. The lowest BCUT2D eigenvalue weighted by Crippen LogP contribution is -1.82. The van der Waals surface area contributed by atoms with Gasteiger partial charge >= 0.3 is 0 Å². The normalized spacial score (nSPS) is 8.58. The summed E-state index contributed by atoms with van der Waals surface area (Å²) in [5.41, 5.74) is 0. The van der Waals surface area contributed by atoms with Crippen LogP contribution < -0.4 is 0 Å². The monoisotopic (exact) mass is 288 g/mol. The number of aliphatic carboxylic acids is 1. The molecule has 0 fully saturated rings. The number of aliphatic hydroxyl groups is 1. The lowest BCUT2D eigenvalue weighted by atomic mass is 10.2. The Morgan fingerprint density at radius 3 is 2.00 bits per heavy atom. The molecule has 0 amide bonds. The number of alkyl halides is 1. The number of halogens is 1. The van der Waals surface area contributed by atoms with E-state index in [-0.39, 0.29) is 0 Å². The van der Waals surface area contributed by atoms with Gasteiger partial charge < -0.3 is 10.2 Å². The molecular weight excluding hydrogens is 271 g/mol. The van der Waals surface area contributed by atoms with Gasteiger partial charge in [0.25, 0.3) is 5.97 Å². The van der Waals surface area contributed by atoms with Gasteiger partial charge in [-0.05, 0) is 17.3 Å². The van der Waals surface area contributed by atoms with Gasteiger partial charge in [0, 0.05) is 13.5 Å². The smallest absolute Gasteiger partial charge is 0.300 e. The zero-order chi connectivity index (χ0) is 9.82. The summed E-state index contributed by atoms with van der Waals surface area (Å²) in [6.07, 6.45) is 4.76. The van der Waals surface area contributed by atoms with Crippen molar-refractivity contribution < 1.29 is 15.0 Å². The number of carbonyl (C=O) groups is 1. The van der Waals surface area contributed by atoms with Crippen LogP contribution in [-0.4, -0.2) is 27.2 Å². The molecule has 74 valence electrons. The van der Waals surface area contributed by atoms with E-state index in [0.29, 0.717) is 6.61 Å². The molecule has 0 aromatic heterocycles. The molecule has 2 N–H and O–H groups in total. The third-order valence-electron chi connectivity index (χ3n) is 1.04. The molecule has 4 heteroatoms. The summed E-state index contributed by atoms with van der Waals surface area (Å²) in [5, 5.41) is 15.8. The summed E-state index contributed by atoms with van der Waals surface area (Å²) in [7, 11) is 0. The quantitative estimate of drug-likeness (QED) is 0.462. The van der Waals surface area contributed by atoms with Gasteiger partial charge in [-0.25, -0.2) is 0 Å². The van der Waals surface area contributed by atoms with E-state index in [0.717, 1.165) is 13.3 Å². The number of hydrogen-bond acceptors (Lipinski definition) is 2. The second-order valence-corrected chi connectivity index (χ2v) is 3.42. The van der Waals surface area contributed by atoms with Crippen LogP contribution in [0.4, 0.5) is 0 Å². The van der Waals surface area contributed by atoms with Gasteiger partial charge in [-0.15, -0.1) is 0 Å². The lowest BCUT2D eigenvalue weighted by Gasteiger charge is -1.92. The summed E-state index contributed by atoms with van der Waals surface area (Å²) < 4.78 is 1.25. The molecule has 0 spiro atoms. The Morgan fingerprint density at radius 2 is 1.67 bits per heavy atom. The van der Waals surface area contributed by atoms with Crippen molar-refractivity contribution >= 4 is 28.6 Å². The molecule has 0 aromatic carbocycles. The Morgan fingerprint density at radius 1 is 1.25 bits per heavy atom.